The van der Waals surface area contributed by atoms with Crippen LogP contribution in [0.4, 0.5) is 0 Å². The van der Waals surface area contributed by atoms with Gasteiger partial charge in [-0.2, -0.15) is 0 Å². The number of fused-ring (bicyclic) bond motifs is 7. The van der Waals surface area contributed by atoms with Crippen molar-refractivity contribution in [2.75, 3.05) is 6.61 Å². The quantitative estimate of drug-likeness (QED) is 0.452. The first-order chi connectivity index (χ1) is 14.9. The fourth-order valence-electron chi connectivity index (χ4n) is 11.5. The molecule has 5 saturated carbocycles. The summed E-state index contributed by atoms with van der Waals surface area (Å²) in [4.78, 5) is 0. The minimum Gasteiger partial charge on any atom is -0.396 e. The molecule has 2 nitrogen and oxygen atoms in total. The van der Waals surface area contributed by atoms with E-state index in [1.165, 1.54) is 63.4 Å². The van der Waals surface area contributed by atoms with E-state index in [0.717, 1.165) is 18.3 Å². The normalized spacial score (nSPS) is 56.5. The molecule has 0 radical (unpaired) electrons. The van der Waals surface area contributed by atoms with Gasteiger partial charge in [0.25, 0.3) is 0 Å². The maximum absolute atomic E-state index is 10.9. The summed E-state index contributed by atoms with van der Waals surface area (Å²) in [5.41, 5.74) is 2.60. The Bertz CT molecular complexity index is 786. The largest absolute Gasteiger partial charge is 0.396 e. The van der Waals surface area contributed by atoms with Crippen molar-refractivity contribution in [2.24, 2.45) is 56.7 Å². The van der Waals surface area contributed by atoms with Crippen molar-refractivity contribution < 1.29 is 10.2 Å². The summed E-state index contributed by atoms with van der Waals surface area (Å²) < 4.78 is 0. The summed E-state index contributed by atoms with van der Waals surface area (Å²) in [5.74, 6) is 3.33. The Morgan fingerprint density at radius 3 is 2.19 bits per heavy atom. The third-order valence-corrected chi connectivity index (χ3v) is 13.5. The van der Waals surface area contributed by atoms with Gasteiger partial charge in [0.2, 0.25) is 0 Å². The van der Waals surface area contributed by atoms with Crippen LogP contribution in [0.15, 0.2) is 12.2 Å². The lowest BCUT2D eigenvalue weighted by Gasteiger charge is -2.73. The van der Waals surface area contributed by atoms with Crippen molar-refractivity contribution >= 4 is 0 Å². The zero-order valence-corrected chi connectivity index (χ0v) is 21.8. The first-order valence-electron chi connectivity index (χ1n) is 13.8. The van der Waals surface area contributed by atoms with Gasteiger partial charge >= 0.3 is 0 Å². The van der Waals surface area contributed by atoms with Crippen molar-refractivity contribution in [1.82, 2.24) is 0 Å². The third kappa shape index (κ3) is 2.66. The first kappa shape index (κ1) is 23.4. The predicted octanol–water partition coefficient (Wildman–Crippen LogP) is 7.00. The molecule has 0 aromatic heterocycles. The Balaban J connectivity index is 1.55. The van der Waals surface area contributed by atoms with Crippen molar-refractivity contribution in [3.8, 4) is 0 Å². The molecule has 32 heavy (non-hydrogen) atoms. The molecule has 5 aliphatic carbocycles. The summed E-state index contributed by atoms with van der Waals surface area (Å²) in [7, 11) is 0. The molecule has 5 rings (SSSR count). The average Bonchev–Trinajstić information content (AvgIpc) is 3.12. The van der Waals surface area contributed by atoms with Gasteiger partial charge in [0.05, 0.1) is 6.10 Å². The number of rotatable bonds is 2. The van der Waals surface area contributed by atoms with Gasteiger partial charge in [0.1, 0.15) is 0 Å². The van der Waals surface area contributed by atoms with E-state index in [9.17, 15) is 10.2 Å². The molecule has 0 heterocycles. The summed E-state index contributed by atoms with van der Waals surface area (Å²) >= 11 is 0. The number of aliphatic hydroxyl groups is 2. The van der Waals surface area contributed by atoms with Crippen LogP contribution in [0.25, 0.3) is 0 Å². The monoisotopic (exact) mass is 442 g/mol. The number of hydrogen-bond donors (Lipinski definition) is 2. The Kier molecular flexibility index (Phi) is 5.19. The van der Waals surface area contributed by atoms with Gasteiger partial charge in [-0.3, -0.25) is 0 Å². The van der Waals surface area contributed by atoms with E-state index >= 15 is 0 Å². The van der Waals surface area contributed by atoms with Crippen LogP contribution in [0, 0.1) is 56.7 Å². The smallest absolute Gasteiger partial charge is 0.0594 e. The Hall–Kier alpha value is -0.340. The molecule has 2 heteroatoms. The van der Waals surface area contributed by atoms with Crippen molar-refractivity contribution in [3.05, 3.63) is 12.2 Å². The lowest BCUT2D eigenvalue weighted by molar-refractivity contribution is -0.249. The molecule has 5 aliphatic rings. The number of aliphatic hydroxyl groups excluding tert-OH is 2. The van der Waals surface area contributed by atoms with E-state index in [2.05, 4.69) is 48.1 Å². The average molecular weight is 443 g/mol. The van der Waals surface area contributed by atoms with Crippen molar-refractivity contribution in [2.45, 2.75) is 112 Å². The zero-order valence-electron chi connectivity index (χ0n) is 21.8. The van der Waals surface area contributed by atoms with E-state index in [4.69, 9.17) is 0 Å². The summed E-state index contributed by atoms with van der Waals surface area (Å²) in [6.07, 6.45) is 12.2. The van der Waals surface area contributed by atoms with Gasteiger partial charge in [0, 0.05) is 6.61 Å². The fourth-order valence-corrected chi connectivity index (χ4v) is 11.5. The molecule has 0 bridgehead atoms. The van der Waals surface area contributed by atoms with E-state index in [1.54, 1.807) is 0 Å². The van der Waals surface area contributed by atoms with Gasteiger partial charge < -0.3 is 10.2 Å². The zero-order chi connectivity index (χ0) is 23.3. The molecule has 182 valence electrons. The second-order valence-corrected chi connectivity index (χ2v) is 14.6. The minimum atomic E-state index is -0.147. The fraction of sp³-hybridized carbons (Fsp3) is 0.933. The third-order valence-electron chi connectivity index (χ3n) is 13.5. The lowest BCUT2D eigenvalue weighted by atomic mass is 9.32. The van der Waals surface area contributed by atoms with Crippen LogP contribution in [0.5, 0.6) is 0 Å². The lowest BCUT2D eigenvalue weighted by Crippen LogP contribution is -2.66. The van der Waals surface area contributed by atoms with E-state index in [1.807, 2.05) is 0 Å². The Morgan fingerprint density at radius 2 is 1.53 bits per heavy atom. The second kappa shape index (κ2) is 7.09. The SMILES string of the molecule is C=C(C)C1CC[C@]2(CO)CC[C@]3(C)[C@H](CCC4[C@@]5(C)CCC(O)C(C)(C)[C@@H]5CC[C@]43C)C12. The summed E-state index contributed by atoms with van der Waals surface area (Å²) in [6.45, 7) is 19.7. The summed E-state index contributed by atoms with van der Waals surface area (Å²) in [5, 5.41) is 21.5. The van der Waals surface area contributed by atoms with Gasteiger partial charge in [-0.15, -0.1) is 0 Å². The molecule has 0 aromatic carbocycles. The van der Waals surface area contributed by atoms with E-state index < -0.39 is 0 Å². The Labute approximate surface area is 197 Å². The standard InChI is InChI=1S/C30H50O2/c1-19(2)20-10-15-30(18-31)17-16-28(6)21(25(20)30)8-9-23-27(5)13-12-24(32)26(3,4)22(27)11-14-29(23,28)7/h20-25,31-32H,1,8-18H2,2-7H3/t20?,21-,22+,23?,24?,25?,27+,28-,29-,30-/m1/s1. The molecule has 0 aliphatic heterocycles. The molecule has 4 unspecified atom stereocenters. The molecular formula is C30H50O2. The Morgan fingerprint density at radius 1 is 0.812 bits per heavy atom. The molecular weight excluding hydrogens is 392 g/mol. The highest BCUT2D eigenvalue weighted by molar-refractivity contribution is 5.21. The molecule has 0 amide bonds. The highest BCUT2D eigenvalue weighted by Gasteiger charge is 2.70. The van der Waals surface area contributed by atoms with Crippen LogP contribution < -0.4 is 0 Å². The molecule has 0 saturated heterocycles. The topological polar surface area (TPSA) is 40.5 Å². The van der Waals surface area contributed by atoms with Crippen LogP contribution in [0.1, 0.15) is 106 Å². The molecule has 10 atom stereocenters. The molecule has 0 aromatic rings. The number of hydrogen-bond acceptors (Lipinski definition) is 2. The van der Waals surface area contributed by atoms with Crippen LogP contribution in [0.3, 0.4) is 0 Å². The van der Waals surface area contributed by atoms with Crippen LogP contribution in [0.2, 0.25) is 0 Å². The predicted molar refractivity (Wildman–Crippen MR) is 132 cm³/mol. The minimum absolute atomic E-state index is 0.0290. The van der Waals surface area contributed by atoms with Crippen LogP contribution >= 0.6 is 0 Å². The summed E-state index contributed by atoms with van der Waals surface area (Å²) in [6, 6.07) is 0. The van der Waals surface area contributed by atoms with Crippen molar-refractivity contribution in [1.29, 1.82) is 0 Å². The van der Waals surface area contributed by atoms with Crippen LogP contribution in [-0.4, -0.2) is 22.9 Å². The highest BCUT2D eigenvalue weighted by atomic mass is 16.3. The number of allylic oxidation sites excluding steroid dienone is 1. The second-order valence-electron chi connectivity index (χ2n) is 14.6. The van der Waals surface area contributed by atoms with Gasteiger partial charge in [0.15, 0.2) is 0 Å². The van der Waals surface area contributed by atoms with E-state index in [0.29, 0.717) is 40.6 Å². The highest BCUT2D eigenvalue weighted by Crippen LogP contribution is 2.77. The maximum Gasteiger partial charge on any atom is 0.0594 e. The van der Waals surface area contributed by atoms with Gasteiger partial charge in [-0.25, -0.2) is 0 Å². The molecule has 5 fully saturated rings. The van der Waals surface area contributed by atoms with E-state index in [-0.39, 0.29) is 16.9 Å². The van der Waals surface area contributed by atoms with Crippen molar-refractivity contribution in [3.63, 3.8) is 0 Å². The van der Waals surface area contributed by atoms with Gasteiger partial charge in [-0.1, -0.05) is 46.8 Å². The van der Waals surface area contributed by atoms with Gasteiger partial charge in [-0.05, 0) is 128 Å². The first-order valence-corrected chi connectivity index (χ1v) is 13.8. The molecule has 0 spiro atoms. The maximum atomic E-state index is 10.9. The van der Waals surface area contributed by atoms with Crippen LogP contribution in [-0.2, 0) is 0 Å². The molecule has 2 N–H and O–H groups in total.